The molecule has 0 atom stereocenters. The van der Waals surface area contributed by atoms with E-state index in [0.717, 1.165) is 6.42 Å². The second-order valence-electron chi connectivity index (χ2n) is 1.64. The molecule has 0 aromatic carbocycles. The third-order valence-corrected chi connectivity index (χ3v) is 1.56. The van der Waals surface area contributed by atoms with Gasteiger partial charge in [0.1, 0.15) is 0 Å². The third kappa shape index (κ3) is 15.9. The molecule has 0 radical (unpaired) electrons. The Balaban J connectivity index is 0. The summed E-state index contributed by atoms with van der Waals surface area (Å²) in [5.74, 6) is -0.108. The van der Waals surface area contributed by atoms with E-state index in [4.69, 9.17) is 4.55 Å². The van der Waals surface area contributed by atoms with Crippen molar-refractivity contribution in [3.05, 3.63) is 0 Å². The molecular formula is C4H10FNaO3S. The molecule has 0 fully saturated rings. The van der Waals surface area contributed by atoms with Crippen LogP contribution in [0, 0.1) is 0 Å². The first kappa shape index (κ1) is 13.4. The van der Waals surface area contributed by atoms with Gasteiger partial charge in [0.15, 0.2) is 0 Å². The van der Waals surface area contributed by atoms with Crippen molar-refractivity contribution in [1.29, 1.82) is 0 Å². The molecule has 1 N–H and O–H groups in total. The number of hydrogen-bond acceptors (Lipinski definition) is 2. The van der Waals surface area contributed by atoms with Crippen molar-refractivity contribution in [3.63, 3.8) is 0 Å². The van der Waals surface area contributed by atoms with Gasteiger partial charge in [-0.1, -0.05) is 13.3 Å². The van der Waals surface area contributed by atoms with Gasteiger partial charge in [0.2, 0.25) is 0 Å². The van der Waals surface area contributed by atoms with E-state index in [0.29, 0.717) is 6.42 Å². The van der Waals surface area contributed by atoms with E-state index in [1.54, 1.807) is 0 Å². The Bertz CT molecular complexity index is 145. The van der Waals surface area contributed by atoms with Gasteiger partial charge in [-0.15, -0.1) is 0 Å². The number of halogens is 1. The zero-order valence-corrected chi connectivity index (χ0v) is 8.99. The Morgan fingerprint density at radius 3 is 2.00 bits per heavy atom. The standard InChI is InChI=1S/C4H10O3S.FH.Na/c1-2-3-4-8(5,6)7;;/h2-4H2,1H3,(H,5,6,7);1H;/q;;+1/p-1. The van der Waals surface area contributed by atoms with E-state index in [1.165, 1.54) is 0 Å². The van der Waals surface area contributed by atoms with Gasteiger partial charge < -0.3 is 0 Å². The van der Waals surface area contributed by atoms with Crippen LogP contribution in [0.5, 0.6) is 0 Å². The minimum absolute atomic E-state index is 0.108. The van der Waals surface area contributed by atoms with Gasteiger partial charge in [0.05, 0.1) is 5.75 Å². The molecule has 0 saturated carbocycles. The van der Waals surface area contributed by atoms with Crippen LogP contribution in [0.3, 0.4) is 0 Å². The van der Waals surface area contributed by atoms with Crippen LogP contribution in [-0.4, -0.2) is 47.3 Å². The van der Waals surface area contributed by atoms with Crippen molar-refractivity contribution in [3.8, 4) is 0 Å². The summed E-state index contributed by atoms with van der Waals surface area (Å²) in [7, 11) is -3.69. The monoisotopic (exact) mass is 180 g/mol. The maximum atomic E-state index is 9.95. The minimum atomic E-state index is -3.69. The fourth-order valence-electron chi connectivity index (χ4n) is 0.327. The first-order chi connectivity index (χ1) is 4.56. The van der Waals surface area contributed by atoms with Crippen LogP contribution < -0.4 is 0 Å². The summed E-state index contributed by atoms with van der Waals surface area (Å²) in [5, 5.41) is 0. The van der Waals surface area contributed by atoms with Crippen LogP contribution in [-0.2, 0) is 10.1 Å². The summed E-state index contributed by atoms with van der Waals surface area (Å²) >= 11 is -0.194. The average Bonchev–Trinajstić information content (AvgIpc) is 1.87. The SMILES string of the molecule is CCCCS(=O)(=O)O.[F][Na]. The first-order valence-electron chi connectivity index (χ1n) is 2.89. The van der Waals surface area contributed by atoms with Crippen molar-refractivity contribution >= 4 is 38.7 Å². The number of hydrogen-bond donors (Lipinski definition) is 1. The Labute approximate surface area is 79.2 Å². The zero-order valence-electron chi connectivity index (χ0n) is 6.17. The van der Waals surface area contributed by atoms with Gasteiger partial charge in [-0.2, -0.15) is 8.42 Å². The molecule has 0 aliphatic carbocycles. The van der Waals surface area contributed by atoms with Gasteiger partial charge >= 0.3 is 30.9 Å². The Morgan fingerprint density at radius 1 is 1.50 bits per heavy atom. The first-order valence-corrected chi connectivity index (χ1v) is 5.25. The third-order valence-electron chi connectivity index (χ3n) is 0.756. The van der Waals surface area contributed by atoms with E-state index in [-0.39, 0.29) is 34.3 Å². The second kappa shape index (κ2) is 7.94. The molecule has 0 aliphatic heterocycles. The number of rotatable bonds is 3. The molecule has 0 heterocycles. The van der Waals surface area contributed by atoms with Gasteiger partial charge in [0, 0.05) is 0 Å². The van der Waals surface area contributed by atoms with Crippen molar-refractivity contribution in [2.75, 3.05) is 5.75 Å². The van der Waals surface area contributed by atoms with Crippen molar-refractivity contribution in [2.45, 2.75) is 19.8 Å². The van der Waals surface area contributed by atoms with Crippen molar-refractivity contribution in [1.82, 2.24) is 0 Å². The fourth-order valence-corrected chi connectivity index (χ4v) is 0.980. The summed E-state index contributed by atoms with van der Waals surface area (Å²) in [6.45, 7) is 1.87. The molecule has 0 aliphatic rings. The second-order valence-corrected chi connectivity index (χ2v) is 3.21. The molecular weight excluding hydrogens is 170 g/mol. The van der Waals surface area contributed by atoms with E-state index in [2.05, 4.69) is 0 Å². The average molecular weight is 180 g/mol. The quantitative estimate of drug-likeness (QED) is 0.514. The molecule has 0 bridgehead atoms. The summed E-state index contributed by atoms with van der Waals surface area (Å²) < 4.78 is 37.7. The van der Waals surface area contributed by atoms with Gasteiger partial charge in [-0.05, 0) is 6.42 Å². The van der Waals surface area contributed by atoms with Crippen LogP contribution in [0.4, 0.5) is 2.27 Å². The van der Waals surface area contributed by atoms with Crippen LogP contribution >= 0.6 is 0 Å². The molecule has 10 heavy (non-hydrogen) atoms. The summed E-state index contributed by atoms with van der Waals surface area (Å²) in [4.78, 5) is 0. The van der Waals surface area contributed by atoms with Crippen LogP contribution in [0.15, 0.2) is 0 Å². The van der Waals surface area contributed by atoms with Crippen LogP contribution in [0.1, 0.15) is 19.8 Å². The molecule has 0 unspecified atom stereocenters. The maximum absolute atomic E-state index is 9.95. The predicted molar refractivity (Wildman–Crippen MR) is 38.2 cm³/mol. The molecule has 0 rings (SSSR count). The fraction of sp³-hybridized carbons (Fsp3) is 1.00. The van der Waals surface area contributed by atoms with E-state index < -0.39 is 10.1 Å². The molecule has 0 amide bonds. The van der Waals surface area contributed by atoms with Crippen LogP contribution in [0.2, 0.25) is 0 Å². The van der Waals surface area contributed by atoms with Crippen LogP contribution in [0.25, 0.3) is 0 Å². The summed E-state index contributed by atoms with van der Waals surface area (Å²) in [5.41, 5.74) is 0. The Kier molecular flexibility index (Phi) is 10.7. The topological polar surface area (TPSA) is 54.4 Å². The molecule has 0 spiro atoms. The van der Waals surface area contributed by atoms with Crippen molar-refractivity contribution < 1.29 is 15.2 Å². The number of unbranched alkanes of at least 4 members (excludes halogenated alkanes) is 1. The molecule has 0 aromatic rings. The van der Waals surface area contributed by atoms with Gasteiger partial charge in [0.25, 0.3) is 10.1 Å². The zero-order chi connectivity index (χ0) is 8.62. The van der Waals surface area contributed by atoms with Crippen molar-refractivity contribution in [2.24, 2.45) is 0 Å². The molecule has 0 aromatic heterocycles. The molecule has 3 nitrogen and oxygen atoms in total. The molecule has 0 saturated heterocycles. The normalized spacial score (nSPS) is 10.1. The van der Waals surface area contributed by atoms with E-state index in [9.17, 15) is 10.7 Å². The summed E-state index contributed by atoms with van der Waals surface area (Å²) in [6, 6.07) is 0. The molecule has 6 heteroatoms. The molecule has 58 valence electrons. The van der Waals surface area contributed by atoms with Gasteiger partial charge in [-0.3, -0.25) is 4.55 Å². The predicted octanol–water partition coefficient (Wildman–Crippen LogP) is 0.714. The van der Waals surface area contributed by atoms with E-state index >= 15 is 0 Å². The van der Waals surface area contributed by atoms with Gasteiger partial charge in [-0.25, -0.2) is 0 Å². The summed E-state index contributed by atoms with van der Waals surface area (Å²) in [6.07, 6.45) is 1.33. The Hall–Kier alpha value is 0.840. The Morgan fingerprint density at radius 2 is 1.90 bits per heavy atom. The van der Waals surface area contributed by atoms with E-state index in [1.807, 2.05) is 6.92 Å².